The third kappa shape index (κ3) is 1.20. The predicted molar refractivity (Wildman–Crippen MR) is 44.2 cm³/mol. The number of hydrogen-bond donors (Lipinski definition) is 1. The first-order chi connectivity index (χ1) is 6.55. The summed E-state index contributed by atoms with van der Waals surface area (Å²) in [6.07, 6.45) is -1.03. The average molecular weight is 202 g/mol. The summed E-state index contributed by atoms with van der Waals surface area (Å²) in [6, 6.07) is 0. The number of fused-ring (bicyclic) bond motifs is 3. The molecule has 14 heavy (non-hydrogen) atoms. The van der Waals surface area contributed by atoms with E-state index in [1.807, 2.05) is 13.8 Å². The Kier molecular flexibility index (Phi) is 1.73. The average Bonchev–Trinajstić information content (AvgIpc) is 2.58. The Morgan fingerprint density at radius 3 is 2.71 bits per heavy atom. The number of hydrogen-bond acceptors (Lipinski definition) is 5. The summed E-state index contributed by atoms with van der Waals surface area (Å²) in [4.78, 5) is 0. The summed E-state index contributed by atoms with van der Waals surface area (Å²) in [5.41, 5.74) is 0. The van der Waals surface area contributed by atoms with Crippen LogP contribution in [0.2, 0.25) is 0 Å². The fraction of sp³-hybridized carbons (Fsp3) is 1.00. The van der Waals surface area contributed by atoms with Gasteiger partial charge in [-0.15, -0.1) is 0 Å². The second-order valence-corrected chi connectivity index (χ2v) is 4.43. The molecule has 0 saturated carbocycles. The second kappa shape index (κ2) is 2.68. The van der Waals surface area contributed by atoms with Gasteiger partial charge in [0.25, 0.3) is 0 Å². The molecule has 3 saturated heterocycles. The van der Waals surface area contributed by atoms with Gasteiger partial charge in [0.05, 0.1) is 6.10 Å². The monoisotopic (exact) mass is 202 g/mol. The molecule has 3 fully saturated rings. The van der Waals surface area contributed by atoms with E-state index in [1.165, 1.54) is 0 Å². The lowest BCUT2D eigenvalue weighted by molar-refractivity contribution is -0.210. The first kappa shape index (κ1) is 9.06. The van der Waals surface area contributed by atoms with Gasteiger partial charge in [-0.25, -0.2) is 0 Å². The topological polar surface area (TPSA) is 57.2 Å². The first-order valence-electron chi connectivity index (χ1n) is 4.90. The molecule has 5 atom stereocenters. The lowest BCUT2D eigenvalue weighted by Gasteiger charge is -2.20. The Hall–Kier alpha value is -0.200. The highest BCUT2D eigenvalue weighted by Crippen LogP contribution is 2.42. The summed E-state index contributed by atoms with van der Waals surface area (Å²) < 4.78 is 22.1. The number of aliphatic hydroxyl groups excluding tert-OH is 1. The fourth-order valence-corrected chi connectivity index (χ4v) is 2.34. The van der Waals surface area contributed by atoms with E-state index in [0.29, 0.717) is 6.42 Å². The van der Waals surface area contributed by atoms with E-state index in [-0.39, 0.29) is 24.6 Å². The van der Waals surface area contributed by atoms with Crippen LogP contribution in [-0.4, -0.2) is 41.8 Å². The third-order valence-corrected chi connectivity index (χ3v) is 2.84. The van der Waals surface area contributed by atoms with Crippen molar-refractivity contribution >= 4 is 0 Å². The Labute approximate surface area is 81.9 Å². The maximum Gasteiger partial charge on any atom is 0.190 e. The zero-order valence-electron chi connectivity index (χ0n) is 8.17. The molecule has 0 amide bonds. The molecule has 0 aromatic rings. The summed E-state index contributed by atoms with van der Waals surface area (Å²) in [7, 11) is 0. The van der Waals surface area contributed by atoms with Crippen LogP contribution in [0.15, 0.2) is 0 Å². The highest BCUT2D eigenvalue weighted by Gasteiger charge is 2.58. The minimum absolute atomic E-state index is 0.0869. The van der Waals surface area contributed by atoms with Crippen LogP contribution in [0.1, 0.15) is 20.3 Å². The Morgan fingerprint density at radius 2 is 1.93 bits per heavy atom. The number of ether oxygens (including phenoxy) is 4. The molecular weight excluding hydrogens is 188 g/mol. The Bertz CT molecular complexity index is 254. The maximum atomic E-state index is 9.29. The predicted octanol–water partition coefficient (Wildman–Crippen LogP) is -0.0299. The number of aliphatic hydroxyl groups is 1. The zero-order chi connectivity index (χ0) is 9.92. The minimum atomic E-state index is -0.724. The Morgan fingerprint density at radius 1 is 1.14 bits per heavy atom. The Balaban J connectivity index is 1.78. The standard InChI is InChI=1S/C9H14O5/c1-9(2)13-7-6-4(3-5(10)12-6)11-8(7)14-9/h4-8,10H,3H2,1-2H3/t4?,5?,6-,7?,8+/m0/s1. The first-order valence-corrected chi connectivity index (χ1v) is 4.90. The van der Waals surface area contributed by atoms with Crippen LogP contribution in [-0.2, 0) is 18.9 Å². The molecule has 0 aliphatic carbocycles. The van der Waals surface area contributed by atoms with Crippen LogP contribution in [0, 0.1) is 0 Å². The van der Waals surface area contributed by atoms with Crippen LogP contribution >= 0.6 is 0 Å². The zero-order valence-corrected chi connectivity index (χ0v) is 8.17. The smallest absolute Gasteiger partial charge is 0.190 e. The number of rotatable bonds is 0. The molecule has 3 aliphatic rings. The molecule has 0 bridgehead atoms. The highest BCUT2D eigenvalue weighted by molar-refractivity contribution is 4.97. The largest absolute Gasteiger partial charge is 0.368 e. The van der Waals surface area contributed by atoms with Crippen LogP contribution in [0.25, 0.3) is 0 Å². The lowest BCUT2D eigenvalue weighted by atomic mass is 10.1. The SMILES string of the molecule is CC1(C)OC2[C@H](OC3CC(O)O[C@@H]32)O1. The highest BCUT2D eigenvalue weighted by atomic mass is 16.8. The van der Waals surface area contributed by atoms with Gasteiger partial charge in [0.1, 0.15) is 12.2 Å². The van der Waals surface area contributed by atoms with E-state index >= 15 is 0 Å². The molecule has 5 nitrogen and oxygen atoms in total. The quantitative estimate of drug-likeness (QED) is 0.597. The molecule has 80 valence electrons. The van der Waals surface area contributed by atoms with E-state index in [0.717, 1.165) is 0 Å². The van der Waals surface area contributed by atoms with Gasteiger partial charge in [-0.1, -0.05) is 0 Å². The van der Waals surface area contributed by atoms with Crippen molar-refractivity contribution < 1.29 is 24.1 Å². The maximum absolute atomic E-state index is 9.29. The van der Waals surface area contributed by atoms with Gasteiger partial charge in [0.15, 0.2) is 18.4 Å². The van der Waals surface area contributed by atoms with E-state index in [1.54, 1.807) is 0 Å². The van der Waals surface area contributed by atoms with Gasteiger partial charge in [0, 0.05) is 6.42 Å². The molecule has 0 aromatic heterocycles. The van der Waals surface area contributed by atoms with Crippen LogP contribution in [0.5, 0.6) is 0 Å². The molecule has 3 heterocycles. The van der Waals surface area contributed by atoms with Crippen molar-refractivity contribution in [2.75, 3.05) is 0 Å². The fourth-order valence-electron chi connectivity index (χ4n) is 2.34. The van der Waals surface area contributed by atoms with E-state index in [2.05, 4.69) is 0 Å². The van der Waals surface area contributed by atoms with Crippen molar-refractivity contribution in [1.82, 2.24) is 0 Å². The molecule has 0 aromatic carbocycles. The van der Waals surface area contributed by atoms with E-state index < -0.39 is 12.1 Å². The normalized spacial score (nSPS) is 54.6. The molecule has 0 radical (unpaired) electrons. The van der Waals surface area contributed by atoms with Crippen molar-refractivity contribution in [2.45, 2.75) is 56.9 Å². The van der Waals surface area contributed by atoms with Crippen molar-refractivity contribution in [3.05, 3.63) is 0 Å². The third-order valence-electron chi connectivity index (χ3n) is 2.84. The van der Waals surface area contributed by atoms with Crippen molar-refractivity contribution in [1.29, 1.82) is 0 Å². The van der Waals surface area contributed by atoms with Crippen molar-refractivity contribution in [3.63, 3.8) is 0 Å². The van der Waals surface area contributed by atoms with Gasteiger partial charge in [-0.05, 0) is 13.8 Å². The van der Waals surface area contributed by atoms with E-state index in [4.69, 9.17) is 18.9 Å². The molecule has 3 rings (SSSR count). The van der Waals surface area contributed by atoms with Crippen LogP contribution in [0.3, 0.4) is 0 Å². The molecule has 3 aliphatic heterocycles. The molecule has 0 spiro atoms. The second-order valence-electron chi connectivity index (χ2n) is 4.43. The summed E-state index contributed by atoms with van der Waals surface area (Å²) in [6.45, 7) is 3.68. The van der Waals surface area contributed by atoms with E-state index in [9.17, 15) is 5.11 Å². The van der Waals surface area contributed by atoms with Gasteiger partial charge < -0.3 is 24.1 Å². The van der Waals surface area contributed by atoms with Gasteiger partial charge in [-0.2, -0.15) is 0 Å². The van der Waals surface area contributed by atoms with Crippen molar-refractivity contribution in [2.24, 2.45) is 0 Å². The van der Waals surface area contributed by atoms with Gasteiger partial charge >= 0.3 is 0 Å². The lowest BCUT2D eigenvalue weighted by Crippen LogP contribution is -2.32. The molecule has 3 unspecified atom stereocenters. The van der Waals surface area contributed by atoms with Crippen LogP contribution < -0.4 is 0 Å². The minimum Gasteiger partial charge on any atom is -0.368 e. The van der Waals surface area contributed by atoms with Crippen molar-refractivity contribution in [3.8, 4) is 0 Å². The van der Waals surface area contributed by atoms with Crippen LogP contribution in [0.4, 0.5) is 0 Å². The summed E-state index contributed by atoms with van der Waals surface area (Å²) >= 11 is 0. The summed E-state index contributed by atoms with van der Waals surface area (Å²) in [5, 5.41) is 9.29. The van der Waals surface area contributed by atoms with Gasteiger partial charge in [-0.3, -0.25) is 0 Å². The molecular formula is C9H14O5. The molecule has 5 heteroatoms. The molecule has 1 N–H and O–H groups in total. The summed E-state index contributed by atoms with van der Waals surface area (Å²) in [5.74, 6) is -0.614. The van der Waals surface area contributed by atoms with Gasteiger partial charge in [0.2, 0.25) is 0 Å².